The Morgan fingerprint density at radius 2 is 2.19 bits per heavy atom. The minimum atomic E-state index is -0.109. The predicted octanol–water partition coefficient (Wildman–Crippen LogP) is 2.46. The quantitative estimate of drug-likeness (QED) is 0.558. The Balaban J connectivity index is 2.63. The van der Waals surface area contributed by atoms with E-state index in [0.29, 0.717) is 13.0 Å². The topological polar surface area (TPSA) is 29.1 Å². The van der Waals surface area contributed by atoms with E-state index < -0.39 is 0 Å². The van der Waals surface area contributed by atoms with E-state index in [4.69, 9.17) is 0 Å². The van der Waals surface area contributed by atoms with E-state index in [0.717, 1.165) is 36.8 Å². The van der Waals surface area contributed by atoms with Gasteiger partial charge in [0.15, 0.2) is 0 Å². The van der Waals surface area contributed by atoms with Crippen molar-refractivity contribution in [2.24, 2.45) is 0 Å². The summed E-state index contributed by atoms with van der Waals surface area (Å²) in [6.45, 7) is 2.69. The van der Waals surface area contributed by atoms with Gasteiger partial charge in [-0.2, -0.15) is 0 Å². The van der Waals surface area contributed by atoms with Crippen molar-refractivity contribution in [3.05, 3.63) is 35.1 Å². The zero-order chi connectivity index (χ0) is 11.8. The molecule has 16 heavy (non-hydrogen) atoms. The Bertz CT molecular complexity index is 339. The average Bonchev–Trinajstić information content (AvgIpc) is 2.29. The van der Waals surface area contributed by atoms with Crippen LogP contribution < -0.4 is 5.32 Å². The number of hydrogen-bond acceptors (Lipinski definition) is 1. The Hall–Kier alpha value is -1.38. The van der Waals surface area contributed by atoms with Crippen LogP contribution >= 0.6 is 0 Å². The number of carbonyl (C=O) groups excluding carboxylic acids is 1. The summed E-state index contributed by atoms with van der Waals surface area (Å²) in [7, 11) is 0. The van der Waals surface area contributed by atoms with Crippen LogP contribution in [0.5, 0.6) is 0 Å². The minimum Gasteiger partial charge on any atom is -0.359 e. The van der Waals surface area contributed by atoms with E-state index in [1.54, 1.807) is 6.07 Å². The molecule has 0 aliphatic heterocycles. The normalized spacial score (nSPS) is 10.1. The van der Waals surface area contributed by atoms with Gasteiger partial charge in [-0.15, -0.1) is 0 Å². The van der Waals surface area contributed by atoms with Gasteiger partial charge in [0.2, 0.25) is 6.41 Å². The maximum Gasteiger partial charge on any atom is 0.207 e. The first-order valence-electron chi connectivity index (χ1n) is 5.73. The van der Waals surface area contributed by atoms with Crippen molar-refractivity contribution in [3.8, 4) is 0 Å². The van der Waals surface area contributed by atoms with Gasteiger partial charge >= 0.3 is 0 Å². The molecular formula is C13H18FNO. The molecule has 0 unspecified atom stereocenters. The third-order valence-electron chi connectivity index (χ3n) is 2.57. The first-order chi connectivity index (χ1) is 7.79. The summed E-state index contributed by atoms with van der Waals surface area (Å²) in [5, 5.41) is 2.61. The third kappa shape index (κ3) is 3.65. The molecule has 88 valence electrons. The lowest BCUT2D eigenvalue weighted by Gasteiger charge is -2.09. The van der Waals surface area contributed by atoms with Crippen LogP contribution in [0.15, 0.2) is 18.2 Å². The van der Waals surface area contributed by atoms with Crippen LogP contribution in [-0.2, 0) is 17.6 Å². The zero-order valence-corrected chi connectivity index (χ0v) is 9.63. The van der Waals surface area contributed by atoms with Crippen molar-refractivity contribution in [2.75, 3.05) is 6.54 Å². The van der Waals surface area contributed by atoms with Gasteiger partial charge < -0.3 is 5.32 Å². The first kappa shape index (κ1) is 12.7. The van der Waals surface area contributed by atoms with Crippen LogP contribution in [0.25, 0.3) is 0 Å². The Kier molecular flexibility index (Phi) is 5.54. The molecule has 1 aromatic carbocycles. The summed E-state index contributed by atoms with van der Waals surface area (Å²) in [5.74, 6) is -0.109. The maximum absolute atomic E-state index is 13.5. The highest BCUT2D eigenvalue weighted by molar-refractivity contribution is 5.45. The van der Waals surface area contributed by atoms with Gasteiger partial charge in [0.05, 0.1) is 0 Å². The third-order valence-corrected chi connectivity index (χ3v) is 2.57. The van der Waals surface area contributed by atoms with Gasteiger partial charge in [-0.3, -0.25) is 4.79 Å². The summed E-state index contributed by atoms with van der Waals surface area (Å²) < 4.78 is 13.5. The summed E-state index contributed by atoms with van der Waals surface area (Å²) in [5.41, 5.74) is 1.89. The number of rotatable bonds is 7. The highest BCUT2D eigenvalue weighted by atomic mass is 19.1. The van der Waals surface area contributed by atoms with Crippen LogP contribution in [0, 0.1) is 5.82 Å². The Morgan fingerprint density at radius 3 is 2.88 bits per heavy atom. The molecule has 0 radical (unpaired) electrons. The second-order valence-corrected chi connectivity index (χ2v) is 3.80. The smallest absolute Gasteiger partial charge is 0.207 e. The van der Waals surface area contributed by atoms with Crippen molar-refractivity contribution >= 4 is 6.41 Å². The second-order valence-electron chi connectivity index (χ2n) is 3.80. The molecule has 0 aromatic heterocycles. The number of benzene rings is 1. The van der Waals surface area contributed by atoms with Crippen molar-refractivity contribution in [1.29, 1.82) is 0 Å². The largest absolute Gasteiger partial charge is 0.359 e. The zero-order valence-electron chi connectivity index (χ0n) is 9.63. The Labute approximate surface area is 95.9 Å². The molecule has 0 saturated carbocycles. The van der Waals surface area contributed by atoms with Gasteiger partial charge in [0.25, 0.3) is 0 Å². The van der Waals surface area contributed by atoms with Crippen molar-refractivity contribution in [1.82, 2.24) is 5.32 Å². The average molecular weight is 223 g/mol. The van der Waals surface area contributed by atoms with E-state index in [9.17, 15) is 9.18 Å². The molecule has 1 amide bonds. The second kappa shape index (κ2) is 6.99. The van der Waals surface area contributed by atoms with Crippen LogP contribution in [0.1, 0.15) is 30.9 Å². The molecule has 0 heterocycles. The fourth-order valence-corrected chi connectivity index (χ4v) is 1.81. The number of amides is 1. The predicted molar refractivity (Wildman–Crippen MR) is 62.8 cm³/mol. The van der Waals surface area contributed by atoms with E-state index in [1.807, 2.05) is 13.0 Å². The lowest BCUT2D eigenvalue weighted by molar-refractivity contribution is -0.109. The van der Waals surface area contributed by atoms with Gasteiger partial charge in [-0.05, 0) is 36.5 Å². The molecule has 1 N–H and O–H groups in total. The van der Waals surface area contributed by atoms with Crippen LogP contribution in [-0.4, -0.2) is 13.0 Å². The van der Waals surface area contributed by atoms with Crippen LogP contribution in [0.3, 0.4) is 0 Å². The molecule has 3 heteroatoms. The molecular weight excluding hydrogens is 205 g/mol. The number of carbonyl (C=O) groups is 1. The van der Waals surface area contributed by atoms with Gasteiger partial charge in [-0.25, -0.2) is 4.39 Å². The van der Waals surface area contributed by atoms with Crippen molar-refractivity contribution < 1.29 is 9.18 Å². The number of nitrogens with one attached hydrogen (secondary N) is 1. The molecule has 0 aliphatic carbocycles. The SMILES string of the molecule is CCCc1c(F)cccc1CCCNC=O. The maximum atomic E-state index is 13.5. The van der Waals surface area contributed by atoms with E-state index >= 15 is 0 Å². The molecule has 0 bridgehead atoms. The van der Waals surface area contributed by atoms with E-state index in [1.165, 1.54) is 6.07 Å². The fraction of sp³-hybridized carbons (Fsp3) is 0.462. The summed E-state index contributed by atoms with van der Waals surface area (Å²) in [6.07, 6.45) is 4.08. The summed E-state index contributed by atoms with van der Waals surface area (Å²) >= 11 is 0. The van der Waals surface area contributed by atoms with Gasteiger partial charge in [0, 0.05) is 6.54 Å². The minimum absolute atomic E-state index is 0.109. The number of aryl methyl sites for hydroxylation is 1. The number of halogens is 1. The highest BCUT2D eigenvalue weighted by Crippen LogP contribution is 2.17. The standard InChI is InChI=1S/C13H18FNO/c1-2-5-12-11(6-3-8-13(12)14)7-4-9-15-10-16/h3,6,8,10H,2,4-5,7,9H2,1H3,(H,15,16). The van der Waals surface area contributed by atoms with Gasteiger partial charge in [-0.1, -0.05) is 25.5 Å². The molecule has 1 rings (SSSR count). The fourth-order valence-electron chi connectivity index (χ4n) is 1.81. The monoisotopic (exact) mass is 223 g/mol. The molecule has 0 fully saturated rings. The highest BCUT2D eigenvalue weighted by Gasteiger charge is 2.06. The van der Waals surface area contributed by atoms with Crippen molar-refractivity contribution in [2.45, 2.75) is 32.6 Å². The van der Waals surface area contributed by atoms with Gasteiger partial charge in [0.1, 0.15) is 5.82 Å². The summed E-state index contributed by atoms with van der Waals surface area (Å²) in [4.78, 5) is 10.1. The van der Waals surface area contributed by atoms with E-state index in [2.05, 4.69) is 5.32 Å². The molecule has 0 aliphatic rings. The van der Waals surface area contributed by atoms with E-state index in [-0.39, 0.29) is 5.82 Å². The molecule has 0 spiro atoms. The first-order valence-corrected chi connectivity index (χ1v) is 5.73. The van der Waals surface area contributed by atoms with Crippen molar-refractivity contribution in [3.63, 3.8) is 0 Å². The lowest BCUT2D eigenvalue weighted by Crippen LogP contribution is -2.13. The molecule has 1 aromatic rings. The number of hydrogen-bond donors (Lipinski definition) is 1. The molecule has 2 nitrogen and oxygen atoms in total. The van der Waals surface area contributed by atoms with Crippen LogP contribution in [0.4, 0.5) is 4.39 Å². The Morgan fingerprint density at radius 1 is 1.38 bits per heavy atom. The molecule has 0 atom stereocenters. The molecule has 0 saturated heterocycles. The summed E-state index contributed by atoms with van der Waals surface area (Å²) in [6, 6.07) is 5.23. The van der Waals surface area contributed by atoms with Crippen LogP contribution in [0.2, 0.25) is 0 Å². The lowest BCUT2D eigenvalue weighted by atomic mass is 9.99.